The van der Waals surface area contributed by atoms with Crippen LogP contribution in [0.25, 0.3) is 0 Å². The van der Waals surface area contributed by atoms with Gasteiger partial charge in [-0.25, -0.2) is 0 Å². The second-order valence-electron chi connectivity index (χ2n) is 5.70. The quantitative estimate of drug-likeness (QED) is 0.811. The average Bonchev–Trinajstić information content (AvgIpc) is 2.49. The number of piperidine rings is 1. The molecule has 1 saturated heterocycles. The second-order valence-corrected chi connectivity index (χ2v) is 5.70. The normalized spacial score (nSPS) is 16.7. The maximum Gasteiger partial charge on any atom is 0.253 e. The van der Waals surface area contributed by atoms with Crippen molar-refractivity contribution in [3.8, 4) is 5.75 Å². The maximum absolute atomic E-state index is 12.2. The van der Waals surface area contributed by atoms with E-state index in [-0.39, 0.29) is 5.91 Å². The van der Waals surface area contributed by atoms with E-state index in [2.05, 4.69) is 17.1 Å². The Morgan fingerprint density at radius 3 is 2.81 bits per heavy atom. The number of hydrogen-bond donors (Lipinski definition) is 2. The molecule has 0 unspecified atom stereocenters. The van der Waals surface area contributed by atoms with Crippen LogP contribution in [-0.2, 0) is 0 Å². The summed E-state index contributed by atoms with van der Waals surface area (Å²) in [5.74, 6) is 1.22. The molecule has 1 aliphatic rings. The number of hydrogen-bond acceptors (Lipinski definition) is 4. The summed E-state index contributed by atoms with van der Waals surface area (Å²) in [6, 6.07) is 5.24. The summed E-state index contributed by atoms with van der Waals surface area (Å²) < 4.78 is 5.13. The summed E-state index contributed by atoms with van der Waals surface area (Å²) >= 11 is 0. The highest BCUT2D eigenvalue weighted by atomic mass is 16.5. The number of methoxy groups -OCH3 is 1. The van der Waals surface area contributed by atoms with E-state index in [1.54, 1.807) is 25.3 Å². The number of likely N-dealkylation sites (tertiary alicyclic amines) is 1. The molecule has 1 fully saturated rings. The molecule has 1 heterocycles. The summed E-state index contributed by atoms with van der Waals surface area (Å²) in [6.07, 6.45) is 2.49. The molecule has 3 N–H and O–H groups in total. The second kappa shape index (κ2) is 7.31. The lowest BCUT2D eigenvalue weighted by molar-refractivity contribution is 0.0945. The molecule has 0 radical (unpaired) electrons. The molecule has 0 atom stereocenters. The summed E-state index contributed by atoms with van der Waals surface area (Å²) in [6.45, 7) is 6.08. The zero-order valence-corrected chi connectivity index (χ0v) is 12.9. The van der Waals surface area contributed by atoms with E-state index < -0.39 is 0 Å². The van der Waals surface area contributed by atoms with Gasteiger partial charge in [0.25, 0.3) is 5.91 Å². The standard InChI is InChI=1S/C16H25N3O2/c1-12-6-9-19(10-7-12)11-8-18-16(20)13-4-3-5-14(21-2)15(13)17/h3-5,12H,6-11,17H2,1-2H3,(H,18,20). The van der Waals surface area contributed by atoms with Crippen molar-refractivity contribution in [2.75, 3.05) is 39.0 Å². The molecule has 2 rings (SSSR count). The fraction of sp³-hybridized carbons (Fsp3) is 0.562. The van der Waals surface area contributed by atoms with E-state index in [0.717, 1.165) is 25.6 Å². The van der Waals surface area contributed by atoms with Crippen molar-refractivity contribution in [2.45, 2.75) is 19.8 Å². The predicted molar refractivity (Wildman–Crippen MR) is 84.6 cm³/mol. The first kappa shape index (κ1) is 15.6. The molecule has 0 spiro atoms. The Bertz CT molecular complexity index is 482. The minimum absolute atomic E-state index is 0.142. The molecule has 1 aliphatic heterocycles. The van der Waals surface area contributed by atoms with Crippen LogP contribution in [0.15, 0.2) is 18.2 Å². The van der Waals surface area contributed by atoms with Crippen molar-refractivity contribution in [1.29, 1.82) is 0 Å². The van der Waals surface area contributed by atoms with Gasteiger partial charge in [-0.2, -0.15) is 0 Å². The van der Waals surface area contributed by atoms with Crippen LogP contribution < -0.4 is 15.8 Å². The number of nitrogen functional groups attached to an aromatic ring is 1. The Morgan fingerprint density at radius 1 is 1.43 bits per heavy atom. The Labute approximate surface area is 126 Å². The number of benzene rings is 1. The van der Waals surface area contributed by atoms with Crippen LogP contribution in [0.5, 0.6) is 5.75 Å². The summed E-state index contributed by atoms with van der Waals surface area (Å²) in [7, 11) is 1.55. The Balaban J connectivity index is 1.82. The molecule has 1 amide bonds. The predicted octanol–water partition coefficient (Wildman–Crippen LogP) is 1.74. The fourth-order valence-electron chi connectivity index (χ4n) is 2.63. The van der Waals surface area contributed by atoms with Crippen LogP contribution >= 0.6 is 0 Å². The highest BCUT2D eigenvalue weighted by Gasteiger charge is 2.16. The van der Waals surface area contributed by atoms with Crippen molar-refractivity contribution in [1.82, 2.24) is 10.2 Å². The van der Waals surface area contributed by atoms with Gasteiger partial charge in [0.2, 0.25) is 0 Å². The van der Waals surface area contributed by atoms with Crippen LogP contribution in [0, 0.1) is 5.92 Å². The number of carbonyl (C=O) groups is 1. The minimum Gasteiger partial charge on any atom is -0.495 e. The van der Waals surface area contributed by atoms with Crippen LogP contribution in [0.2, 0.25) is 0 Å². The van der Waals surface area contributed by atoms with Crippen molar-refractivity contribution in [3.63, 3.8) is 0 Å². The first-order valence-electron chi connectivity index (χ1n) is 7.55. The van der Waals surface area contributed by atoms with Gasteiger partial charge < -0.3 is 20.7 Å². The summed E-state index contributed by atoms with van der Waals surface area (Å²) in [5, 5.41) is 2.93. The topological polar surface area (TPSA) is 67.6 Å². The average molecular weight is 291 g/mol. The molecule has 0 aliphatic carbocycles. The molecule has 0 bridgehead atoms. The largest absolute Gasteiger partial charge is 0.495 e. The van der Waals surface area contributed by atoms with Crippen molar-refractivity contribution in [2.24, 2.45) is 5.92 Å². The SMILES string of the molecule is COc1cccc(C(=O)NCCN2CCC(C)CC2)c1N. The number of para-hydroxylation sites is 1. The van der Waals surface area contributed by atoms with Gasteiger partial charge in [-0.05, 0) is 44.0 Å². The van der Waals surface area contributed by atoms with Crippen molar-refractivity contribution < 1.29 is 9.53 Å². The lowest BCUT2D eigenvalue weighted by Gasteiger charge is -2.30. The third-order valence-corrected chi connectivity index (χ3v) is 4.12. The van der Waals surface area contributed by atoms with E-state index in [1.807, 2.05) is 0 Å². The fourth-order valence-corrected chi connectivity index (χ4v) is 2.63. The maximum atomic E-state index is 12.2. The number of rotatable bonds is 5. The molecular formula is C16H25N3O2. The van der Waals surface area contributed by atoms with E-state index in [4.69, 9.17) is 10.5 Å². The zero-order chi connectivity index (χ0) is 15.2. The van der Waals surface area contributed by atoms with Gasteiger partial charge in [0.05, 0.1) is 18.4 Å². The van der Waals surface area contributed by atoms with Crippen LogP contribution in [-0.4, -0.2) is 44.1 Å². The molecule has 116 valence electrons. The summed E-state index contributed by atoms with van der Waals surface area (Å²) in [5.41, 5.74) is 6.79. The molecule has 5 heteroatoms. The van der Waals surface area contributed by atoms with Gasteiger partial charge >= 0.3 is 0 Å². The first-order chi connectivity index (χ1) is 10.1. The zero-order valence-electron chi connectivity index (χ0n) is 12.9. The number of nitrogens with two attached hydrogens (primary N) is 1. The first-order valence-corrected chi connectivity index (χ1v) is 7.55. The Morgan fingerprint density at radius 2 is 2.14 bits per heavy atom. The summed E-state index contributed by atoms with van der Waals surface area (Å²) in [4.78, 5) is 14.6. The van der Waals surface area contributed by atoms with Crippen molar-refractivity contribution in [3.05, 3.63) is 23.8 Å². The third kappa shape index (κ3) is 4.11. The molecule has 1 aromatic carbocycles. The van der Waals surface area contributed by atoms with Gasteiger partial charge in [-0.15, -0.1) is 0 Å². The van der Waals surface area contributed by atoms with Gasteiger partial charge in [0.1, 0.15) is 5.75 Å². The number of nitrogens with zero attached hydrogens (tertiary/aromatic N) is 1. The Hall–Kier alpha value is -1.75. The molecule has 0 saturated carbocycles. The number of anilines is 1. The van der Waals surface area contributed by atoms with E-state index in [9.17, 15) is 4.79 Å². The number of nitrogens with one attached hydrogen (secondary N) is 1. The molecule has 1 aromatic rings. The van der Waals surface area contributed by atoms with Crippen LogP contribution in [0.1, 0.15) is 30.1 Å². The highest BCUT2D eigenvalue weighted by Crippen LogP contribution is 2.24. The van der Waals surface area contributed by atoms with E-state index >= 15 is 0 Å². The Kier molecular flexibility index (Phi) is 5.44. The molecular weight excluding hydrogens is 266 g/mol. The molecule has 0 aromatic heterocycles. The van der Waals surface area contributed by atoms with Gasteiger partial charge in [-0.1, -0.05) is 13.0 Å². The minimum atomic E-state index is -0.142. The monoisotopic (exact) mass is 291 g/mol. The van der Waals surface area contributed by atoms with Crippen molar-refractivity contribution >= 4 is 11.6 Å². The van der Waals surface area contributed by atoms with Crippen LogP contribution in [0.4, 0.5) is 5.69 Å². The van der Waals surface area contributed by atoms with Gasteiger partial charge in [0.15, 0.2) is 0 Å². The highest BCUT2D eigenvalue weighted by molar-refractivity contribution is 6.00. The van der Waals surface area contributed by atoms with E-state index in [1.165, 1.54) is 12.8 Å². The number of ether oxygens (including phenoxy) is 1. The lowest BCUT2D eigenvalue weighted by atomic mass is 9.99. The van der Waals surface area contributed by atoms with Gasteiger partial charge in [0, 0.05) is 13.1 Å². The molecule has 21 heavy (non-hydrogen) atoms. The number of carbonyl (C=O) groups excluding carboxylic acids is 1. The number of amides is 1. The van der Waals surface area contributed by atoms with Gasteiger partial charge in [-0.3, -0.25) is 4.79 Å². The third-order valence-electron chi connectivity index (χ3n) is 4.12. The smallest absolute Gasteiger partial charge is 0.253 e. The lowest BCUT2D eigenvalue weighted by Crippen LogP contribution is -2.39. The van der Waals surface area contributed by atoms with Crippen LogP contribution in [0.3, 0.4) is 0 Å². The van der Waals surface area contributed by atoms with E-state index in [0.29, 0.717) is 23.5 Å². The molecule has 5 nitrogen and oxygen atoms in total.